The Morgan fingerprint density at radius 1 is 1.57 bits per heavy atom. The number of carbonyl (C=O) groups excluding carboxylic acids is 1. The summed E-state index contributed by atoms with van der Waals surface area (Å²) in [6, 6.07) is 1.76. The fraction of sp³-hybridized carbons (Fsp3) is 0.733. The molecule has 0 aromatic carbocycles. The van der Waals surface area contributed by atoms with Crippen LogP contribution >= 0.6 is 0 Å². The van der Waals surface area contributed by atoms with E-state index in [0.29, 0.717) is 30.7 Å². The maximum Gasteiger partial charge on any atom is 0.273 e. The average molecular weight is 293 g/mol. The zero-order valence-electron chi connectivity index (χ0n) is 12.8. The molecule has 2 fully saturated rings. The molecule has 6 heteroatoms. The average Bonchev–Trinajstić information content (AvgIpc) is 3.05. The smallest absolute Gasteiger partial charge is 0.273 e. The van der Waals surface area contributed by atoms with Crippen LogP contribution in [-0.2, 0) is 0 Å². The molecule has 6 nitrogen and oxygen atoms in total. The number of β-amino-alcohol motifs (C(OH)–C–C–N with tert-alkyl or cyclic N) is 1. The van der Waals surface area contributed by atoms with E-state index in [2.05, 4.69) is 29.2 Å². The van der Waals surface area contributed by atoms with Crippen molar-refractivity contribution in [3.05, 3.63) is 17.5 Å². The third kappa shape index (κ3) is 2.96. The van der Waals surface area contributed by atoms with Crippen molar-refractivity contribution in [2.24, 2.45) is 0 Å². The second-order valence-electron chi connectivity index (χ2n) is 6.80. The fourth-order valence-electron chi connectivity index (χ4n) is 2.80. The number of likely N-dealkylation sites (tertiary alicyclic amines) is 1. The molecule has 0 spiro atoms. The molecule has 1 saturated heterocycles. The first-order valence-electron chi connectivity index (χ1n) is 7.61. The zero-order valence-corrected chi connectivity index (χ0v) is 12.8. The number of amides is 1. The summed E-state index contributed by atoms with van der Waals surface area (Å²) in [5, 5.41) is 17.2. The van der Waals surface area contributed by atoms with Crippen LogP contribution in [0.25, 0.3) is 0 Å². The summed E-state index contributed by atoms with van der Waals surface area (Å²) in [5.41, 5.74) is -0.626. The first-order chi connectivity index (χ1) is 9.87. The molecule has 1 aliphatic heterocycles. The van der Waals surface area contributed by atoms with Gasteiger partial charge in [-0.25, -0.2) is 0 Å². The molecule has 0 radical (unpaired) electrons. The van der Waals surface area contributed by atoms with Gasteiger partial charge in [0.05, 0.1) is 11.6 Å². The Labute approximate surface area is 124 Å². The summed E-state index contributed by atoms with van der Waals surface area (Å²) in [4.78, 5) is 14.4. The third-order valence-electron chi connectivity index (χ3n) is 4.47. The van der Waals surface area contributed by atoms with E-state index in [1.165, 1.54) is 0 Å². The Balaban J connectivity index is 1.65. The highest BCUT2D eigenvalue weighted by molar-refractivity contribution is 5.92. The molecule has 2 aliphatic rings. The van der Waals surface area contributed by atoms with Crippen molar-refractivity contribution in [1.82, 2.24) is 15.4 Å². The number of aliphatic hydroxyl groups is 1. The monoisotopic (exact) mass is 293 g/mol. The van der Waals surface area contributed by atoms with Gasteiger partial charge in [-0.3, -0.25) is 9.69 Å². The Hall–Kier alpha value is -1.40. The van der Waals surface area contributed by atoms with Crippen LogP contribution in [0, 0.1) is 0 Å². The Bertz CT molecular complexity index is 534. The van der Waals surface area contributed by atoms with Crippen LogP contribution in [-0.4, -0.2) is 51.8 Å². The van der Waals surface area contributed by atoms with Gasteiger partial charge in [0.1, 0.15) is 5.76 Å². The predicted molar refractivity (Wildman–Crippen MR) is 77.1 cm³/mol. The van der Waals surface area contributed by atoms with Crippen molar-refractivity contribution in [2.45, 2.75) is 57.2 Å². The van der Waals surface area contributed by atoms with Crippen molar-refractivity contribution in [2.75, 3.05) is 13.1 Å². The molecular weight excluding hydrogens is 270 g/mol. The van der Waals surface area contributed by atoms with E-state index < -0.39 is 5.60 Å². The largest absolute Gasteiger partial charge is 0.387 e. The summed E-state index contributed by atoms with van der Waals surface area (Å²) in [5.74, 6) is 0.953. The summed E-state index contributed by atoms with van der Waals surface area (Å²) < 4.78 is 5.20. The number of nitrogens with zero attached hydrogens (tertiary/aromatic N) is 2. The molecule has 1 aliphatic carbocycles. The SMILES string of the molecule is CC(C)N1C[C@@H](NC(=O)c2cc(C3CC3)on2)[C@@](C)(O)C1. The minimum absolute atomic E-state index is 0.276. The molecule has 1 aromatic rings. The van der Waals surface area contributed by atoms with Gasteiger partial charge in [-0.1, -0.05) is 5.16 Å². The lowest BCUT2D eigenvalue weighted by molar-refractivity contribution is 0.0406. The fourth-order valence-corrected chi connectivity index (χ4v) is 2.80. The van der Waals surface area contributed by atoms with Gasteiger partial charge in [0, 0.05) is 31.1 Å². The van der Waals surface area contributed by atoms with E-state index >= 15 is 0 Å². The first-order valence-corrected chi connectivity index (χ1v) is 7.61. The molecule has 116 valence electrons. The van der Waals surface area contributed by atoms with Crippen LogP contribution in [0.15, 0.2) is 10.6 Å². The number of hydrogen-bond donors (Lipinski definition) is 2. The highest BCUT2D eigenvalue weighted by Gasteiger charge is 2.43. The van der Waals surface area contributed by atoms with Crippen LogP contribution in [0.2, 0.25) is 0 Å². The van der Waals surface area contributed by atoms with Crippen LogP contribution in [0.1, 0.15) is 55.8 Å². The lowest BCUT2D eigenvalue weighted by Gasteiger charge is -2.24. The normalized spacial score (nSPS) is 30.0. The van der Waals surface area contributed by atoms with E-state index in [1.54, 1.807) is 13.0 Å². The molecule has 3 rings (SSSR count). The molecular formula is C15H23N3O3. The van der Waals surface area contributed by atoms with Gasteiger partial charge in [0.25, 0.3) is 5.91 Å². The van der Waals surface area contributed by atoms with Crippen LogP contribution < -0.4 is 5.32 Å². The van der Waals surface area contributed by atoms with Gasteiger partial charge in [-0.2, -0.15) is 0 Å². The topological polar surface area (TPSA) is 78.6 Å². The Morgan fingerprint density at radius 2 is 2.29 bits per heavy atom. The second kappa shape index (κ2) is 5.10. The first kappa shape index (κ1) is 14.5. The van der Waals surface area contributed by atoms with E-state index in [4.69, 9.17) is 4.52 Å². The second-order valence-corrected chi connectivity index (χ2v) is 6.80. The number of hydrogen-bond acceptors (Lipinski definition) is 5. The maximum absolute atomic E-state index is 12.3. The van der Waals surface area contributed by atoms with Gasteiger partial charge in [0.15, 0.2) is 5.69 Å². The minimum Gasteiger partial charge on any atom is -0.387 e. The van der Waals surface area contributed by atoms with E-state index in [-0.39, 0.29) is 11.9 Å². The summed E-state index contributed by atoms with van der Waals surface area (Å²) in [6.45, 7) is 7.13. The number of carbonyl (C=O) groups is 1. The number of rotatable bonds is 4. The highest BCUT2D eigenvalue weighted by atomic mass is 16.5. The minimum atomic E-state index is -0.928. The highest BCUT2D eigenvalue weighted by Crippen LogP contribution is 2.40. The van der Waals surface area contributed by atoms with Gasteiger partial charge in [0.2, 0.25) is 0 Å². The van der Waals surface area contributed by atoms with Gasteiger partial charge in [-0.05, 0) is 33.6 Å². The van der Waals surface area contributed by atoms with Crippen molar-refractivity contribution in [1.29, 1.82) is 0 Å². The van der Waals surface area contributed by atoms with Gasteiger partial charge < -0.3 is 14.9 Å². The molecule has 1 aromatic heterocycles. The standard InChI is InChI=1S/C15H23N3O3/c1-9(2)18-7-13(15(3,20)8-18)16-14(19)11-6-12(21-17-11)10-4-5-10/h6,9-10,13,20H,4-5,7-8H2,1-3H3,(H,16,19)/t13-,15+/m1/s1. The Kier molecular flexibility index (Phi) is 3.53. The van der Waals surface area contributed by atoms with Gasteiger partial charge in [-0.15, -0.1) is 0 Å². The molecule has 0 bridgehead atoms. The van der Waals surface area contributed by atoms with E-state index in [1.807, 2.05) is 0 Å². The molecule has 21 heavy (non-hydrogen) atoms. The maximum atomic E-state index is 12.3. The van der Waals surface area contributed by atoms with Crippen molar-refractivity contribution < 1.29 is 14.4 Å². The summed E-state index contributed by atoms with van der Waals surface area (Å²) in [6.07, 6.45) is 2.22. The molecule has 1 amide bonds. The number of aromatic nitrogens is 1. The summed E-state index contributed by atoms with van der Waals surface area (Å²) >= 11 is 0. The number of nitrogens with one attached hydrogen (secondary N) is 1. The lowest BCUT2D eigenvalue weighted by atomic mass is 10.0. The van der Waals surface area contributed by atoms with Crippen molar-refractivity contribution in [3.63, 3.8) is 0 Å². The van der Waals surface area contributed by atoms with E-state index in [9.17, 15) is 9.90 Å². The van der Waals surface area contributed by atoms with Crippen molar-refractivity contribution in [3.8, 4) is 0 Å². The van der Waals surface area contributed by atoms with Crippen LogP contribution in [0.5, 0.6) is 0 Å². The summed E-state index contributed by atoms with van der Waals surface area (Å²) in [7, 11) is 0. The van der Waals surface area contributed by atoms with E-state index in [0.717, 1.165) is 18.6 Å². The van der Waals surface area contributed by atoms with Crippen LogP contribution in [0.3, 0.4) is 0 Å². The quantitative estimate of drug-likeness (QED) is 0.870. The zero-order chi connectivity index (χ0) is 15.2. The van der Waals surface area contributed by atoms with Crippen LogP contribution in [0.4, 0.5) is 0 Å². The van der Waals surface area contributed by atoms with Gasteiger partial charge >= 0.3 is 0 Å². The molecule has 2 N–H and O–H groups in total. The lowest BCUT2D eigenvalue weighted by Crippen LogP contribution is -2.50. The molecule has 2 heterocycles. The molecule has 0 unspecified atom stereocenters. The van der Waals surface area contributed by atoms with Crippen molar-refractivity contribution >= 4 is 5.91 Å². The predicted octanol–water partition coefficient (Wildman–Crippen LogP) is 1.13. The third-order valence-corrected chi connectivity index (χ3v) is 4.47. The Morgan fingerprint density at radius 3 is 2.86 bits per heavy atom. The molecule has 1 saturated carbocycles. The molecule has 2 atom stereocenters.